The molecule has 78 valence electrons. The molecule has 0 saturated heterocycles. The Morgan fingerprint density at radius 3 is 2.53 bits per heavy atom. The molecule has 1 heterocycles. The number of nitrogens with one attached hydrogen (secondary N) is 1. The van der Waals surface area contributed by atoms with Crippen molar-refractivity contribution in [2.45, 2.75) is 13.8 Å². The third kappa shape index (κ3) is 1.44. The second-order valence-electron chi connectivity index (χ2n) is 3.56. The van der Waals surface area contributed by atoms with E-state index in [1.807, 2.05) is 26.0 Å². The molecule has 0 aliphatic rings. The molecule has 1 aromatic carbocycles. The standard InChI is InChI=1S/C11H13N3O/c1-7-8(2)10(4-3-9(7)12)14-11(15)5-6-13-14/h3-6,13H,12H2,1-2H3. The Morgan fingerprint density at radius 2 is 1.93 bits per heavy atom. The molecule has 0 amide bonds. The molecule has 0 fully saturated rings. The van der Waals surface area contributed by atoms with E-state index in [9.17, 15) is 4.79 Å². The molecule has 1 aromatic heterocycles. The number of nitrogen functional groups attached to an aromatic ring is 1. The number of aromatic nitrogens is 2. The molecule has 15 heavy (non-hydrogen) atoms. The number of aromatic amines is 1. The van der Waals surface area contributed by atoms with Crippen LogP contribution in [-0.4, -0.2) is 9.78 Å². The molecule has 0 atom stereocenters. The van der Waals surface area contributed by atoms with Crippen molar-refractivity contribution in [3.05, 3.63) is 45.9 Å². The van der Waals surface area contributed by atoms with Gasteiger partial charge in [-0.05, 0) is 37.1 Å². The van der Waals surface area contributed by atoms with E-state index in [4.69, 9.17) is 5.73 Å². The van der Waals surface area contributed by atoms with Gasteiger partial charge in [0.2, 0.25) is 0 Å². The number of nitrogens with zero attached hydrogens (tertiary/aromatic N) is 1. The van der Waals surface area contributed by atoms with Crippen LogP contribution in [-0.2, 0) is 0 Å². The Hall–Kier alpha value is -1.97. The second kappa shape index (κ2) is 3.31. The van der Waals surface area contributed by atoms with Gasteiger partial charge in [0, 0.05) is 18.0 Å². The molecule has 0 saturated carbocycles. The maximum absolute atomic E-state index is 11.5. The summed E-state index contributed by atoms with van der Waals surface area (Å²) in [4.78, 5) is 11.5. The maximum atomic E-state index is 11.5. The fourth-order valence-corrected chi connectivity index (χ4v) is 1.58. The lowest BCUT2D eigenvalue weighted by atomic mass is 10.1. The average Bonchev–Trinajstić information content (AvgIpc) is 2.62. The molecule has 0 spiro atoms. The summed E-state index contributed by atoms with van der Waals surface area (Å²) in [6.07, 6.45) is 1.62. The number of hydrogen-bond acceptors (Lipinski definition) is 2. The zero-order valence-electron chi connectivity index (χ0n) is 8.74. The van der Waals surface area contributed by atoms with Crippen LogP contribution in [0.2, 0.25) is 0 Å². The van der Waals surface area contributed by atoms with Gasteiger partial charge in [0.1, 0.15) is 0 Å². The summed E-state index contributed by atoms with van der Waals surface area (Å²) < 4.78 is 1.50. The summed E-state index contributed by atoms with van der Waals surface area (Å²) in [5.41, 5.74) is 9.33. The van der Waals surface area contributed by atoms with E-state index in [1.165, 1.54) is 10.7 Å². The van der Waals surface area contributed by atoms with Gasteiger partial charge in [-0.15, -0.1) is 0 Å². The zero-order chi connectivity index (χ0) is 11.0. The van der Waals surface area contributed by atoms with Crippen LogP contribution < -0.4 is 11.3 Å². The van der Waals surface area contributed by atoms with Gasteiger partial charge in [0.05, 0.1) is 5.69 Å². The third-order valence-corrected chi connectivity index (χ3v) is 2.69. The van der Waals surface area contributed by atoms with Crippen LogP contribution in [0.25, 0.3) is 5.69 Å². The zero-order valence-corrected chi connectivity index (χ0v) is 8.74. The average molecular weight is 203 g/mol. The van der Waals surface area contributed by atoms with Gasteiger partial charge in [-0.25, -0.2) is 4.68 Å². The monoisotopic (exact) mass is 203 g/mol. The fraction of sp³-hybridized carbons (Fsp3) is 0.182. The Labute approximate surface area is 87.3 Å². The summed E-state index contributed by atoms with van der Waals surface area (Å²) in [6.45, 7) is 3.90. The number of H-pyrrole nitrogens is 1. The highest BCUT2D eigenvalue weighted by Gasteiger charge is 2.07. The molecule has 0 bridgehead atoms. The highest BCUT2D eigenvalue weighted by molar-refractivity contribution is 5.57. The van der Waals surface area contributed by atoms with Crippen LogP contribution in [0, 0.1) is 13.8 Å². The molecule has 0 aliphatic carbocycles. The topological polar surface area (TPSA) is 63.8 Å². The van der Waals surface area contributed by atoms with E-state index in [0.717, 1.165) is 22.5 Å². The van der Waals surface area contributed by atoms with Gasteiger partial charge < -0.3 is 5.73 Å². The van der Waals surface area contributed by atoms with Crippen LogP contribution in [0.3, 0.4) is 0 Å². The van der Waals surface area contributed by atoms with Gasteiger partial charge in [-0.3, -0.25) is 9.89 Å². The first kappa shape index (κ1) is 9.58. The van der Waals surface area contributed by atoms with E-state index >= 15 is 0 Å². The van der Waals surface area contributed by atoms with Crippen molar-refractivity contribution < 1.29 is 0 Å². The first-order valence-electron chi connectivity index (χ1n) is 4.73. The van der Waals surface area contributed by atoms with Gasteiger partial charge in [-0.1, -0.05) is 0 Å². The summed E-state index contributed by atoms with van der Waals surface area (Å²) in [7, 11) is 0. The molecule has 4 heteroatoms. The van der Waals surface area contributed by atoms with Crippen molar-refractivity contribution in [3.8, 4) is 5.69 Å². The second-order valence-corrected chi connectivity index (χ2v) is 3.56. The molecule has 0 aliphatic heterocycles. The SMILES string of the molecule is Cc1c(N)ccc(-n2[nH]ccc2=O)c1C. The van der Waals surface area contributed by atoms with Gasteiger partial charge in [0.25, 0.3) is 5.56 Å². The predicted molar refractivity (Wildman–Crippen MR) is 60.3 cm³/mol. The first-order chi connectivity index (χ1) is 7.11. The molecule has 4 nitrogen and oxygen atoms in total. The van der Waals surface area contributed by atoms with Crippen LogP contribution in [0.15, 0.2) is 29.2 Å². The molecule has 0 radical (unpaired) electrons. The highest BCUT2D eigenvalue weighted by Crippen LogP contribution is 2.20. The number of benzene rings is 1. The van der Waals surface area contributed by atoms with E-state index in [-0.39, 0.29) is 5.56 Å². The normalized spacial score (nSPS) is 10.5. The summed E-state index contributed by atoms with van der Waals surface area (Å²) in [5.74, 6) is 0. The quantitative estimate of drug-likeness (QED) is 0.687. The number of anilines is 1. The van der Waals surface area contributed by atoms with Gasteiger partial charge in [0.15, 0.2) is 0 Å². The van der Waals surface area contributed by atoms with E-state index in [1.54, 1.807) is 6.20 Å². The van der Waals surface area contributed by atoms with Gasteiger partial charge in [-0.2, -0.15) is 0 Å². The molecule has 2 rings (SSSR count). The predicted octanol–water partition coefficient (Wildman–Crippen LogP) is 1.36. The van der Waals surface area contributed by atoms with Gasteiger partial charge >= 0.3 is 0 Å². The van der Waals surface area contributed by atoms with Crippen LogP contribution >= 0.6 is 0 Å². The lowest BCUT2D eigenvalue weighted by molar-refractivity contribution is 0.841. The van der Waals surface area contributed by atoms with Crippen molar-refractivity contribution in [2.75, 3.05) is 5.73 Å². The third-order valence-electron chi connectivity index (χ3n) is 2.69. The summed E-state index contributed by atoms with van der Waals surface area (Å²) in [6, 6.07) is 5.14. The van der Waals surface area contributed by atoms with Crippen LogP contribution in [0.5, 0.6) is 0 Å². The molecule has 3 N–H and O–H groups in total. The Balaban J connectivity index is 2.70. The van der Waals surface area contributed by atoms with E-state index < -0.39 is 0 Å². The molecular weight excluding hydrogens is 190 g/mol. The van der Waals surface area contributed by atoms with E-state index in [0.29, 0.717) is 0 Å². The van der Waals surface area contributed by atoms with Crippen LogP contribution in [0.4, 0.5) is 5.69 Å². The molecule has 0 unspecified atom stereocenters. The van der Waals surface area contributed by atoms with Crippen molar-refractivity contribution in [2.24, 2.45) is 0 Å². The lowest BCUT2D eigenvalue weighted by Gasteiger charge is -2.10. The number of hydrogen-bond donors (Lipinski definition) is 2. The fourth-order valence-electron chi connectivity index (χ4n) is 1.58. The molecular formula is C11H13N3O. The van der Waals surface area contributed by atoms with Crippen molar-refractivity contribution in [1.82, 2.24) is 9.78 Å². The minimum atomic E-state index is -0.0673. The first-order valence-corrected chi connectivity index (χ1v) is 4.73. The number of rotatable bonds is 1. The van der Waals surface area contributed by atoms with Crippen LogP contribution in [0.1, 0.15) is 11.1 Å². The lowest BCUT2D eigenvalue weighted by Crippen LogP contribution is -2.15. The highest BCUT2D eigenvalue weighted by atomic mass is 16.1. The summed E-state index contributed by atoms with van der Waals surface area (Å²) in [5, 5.41) is 2.87. The van der Waals surface area contributed by atoms with Crippen molar-refractivity contribution in [3.63, 3.8) is 0 Å². The minimum absolute atomic E-state index is 0.0673. The van der Waals surface area contributed by atoms with E-state index in [2.05, 4.69) is 5.10 Å². The molecule has 2 aromatic rings. The Bertz CT molecular complexity index is 551. The Morgan fingerprint density at radius 1 is 1.20 bits per heavy atom. The maximum Gasteiger partial charge on any atom is 0.271 e. The largest absolute Gasteiger partial charge is 0.399 e. The minimum Gasteiger partial charge on any atom is -0.399 e. The van der Waals surface area contributed by atoms with Crippen molar-refractivity contribution in [1.29, 1.82) is 0 Å². The van der Waals surface area contributed by atoms with Crippen molar-refractivity contribution >= 4 is 5.69 Å². The summed E-state index contributed by atoms with van der Waals surface area (Å²) >= 11 is 0. The Kier molecular flexibility index (Phi) is 2.11. The number of nitrogens with two attached hydrogens (primary N) is 1. The smallest absolute Gasteiger partial charge is 0.271 e.